The van der Waals surface area contributed by atoms with Crippen LogP contribution in [0.2, 0.25) is 0 Å². The SMILES string of the molecule is COc1ccc(/C=C/C(=O)N2CCc3cc(OC)c(OC)cc3[C@@H]2COc2ccc3c(C)cc(=O)oc3c2)cc1OC. The van der Waals surface area contributed by atoms with E-state index in [0.717, 1.165) is 27.6 Å². The number of ether oxygens (including phenoxy) is 5. The lowest BCUT2D eigenvalue weighted by molar-refractivity contribution is -0.129. The van der Waals surface area contributed by atoms with E-state index in [9.17, 15) is 9.59 Å². The number of hydrogen-bond acceptors (Lipinski definition) is 8. The van der Waals surface area contributed by atoms with E-state index in [1.165, 1.54) is 6.07 Å². The molecule has 0 fully saturated rings. The number of fused-ring (bicyclic) bond motifs is 2. The molecule has 0 N–H and O–H groups in total. The number of amides is 1. The minimum absolute atomic E-state index is 0.167. The van der Waals surface area contributed by atoms with Gasteiger partial charge in [-0.25, -0.2) is 4.79 Å². The second-order valence-electron chi connectivity index (χ2n) is 9.87. The topological polar surface area (TPSA) is 96.7 Å². The van der Waals surface area contributed by atoms with Gasteiger partial charge in [0.1, 0.15) is 17.9 Å². The standard InChI is InChI=1S/C33H33NO8/c1-20-14-33(36)42-28-17-23(8-9-24(20)28)41-19-26-25-18-31(40-5)30(39-4)16-22(25)12-13-34(26)32(35)11-7-21-6-10-27(37-2)29(15-21)38-3/h6-11,14-18,26H,12-13,19H2,1-5H3/b11-7+/t26-/m0/s1. The summed E-state index contributed by atoms with van der Waals surface area (Å²) in [6.45, 7) is 2.51. The number of nitrogens with zero attached hydrogens (tertiary/aromatic N) is 1. The van der Waals surface area contributed by atoms with Crippen LogP contribution in [-0.4, -0.2) is 52.4 Å². The fourth-order valence-electron chi connectivity index (χ4n) is 5.26. The largest absolute Gasteiger partial charge is 0.493 e. The van der Waals surface area contributed by atoms with E-state index in [2.05, 4.69) is 0 Å². The van der Waals surface area contributed by atoms with E-state index in [4.69, 9.17) is 28.1 Å². The van der Waals surface area contributed by atoms with Gasteiger partial charge in [0.15, 0.2) is 23.0 Å². The van der Waals surface area contributed by atoms with E-state index < -0.39 is 11.7 Å². The fourth-order valence-corrected chi connectivity index (χ4v) is 5.26. The summed E-state index contributed by atoms with van der Waals surface area (Å²) in [5.41, 5.74) is 3.61. The van der Waals surface area contributed by atoms with Crippen molar-refractivity contribution in [2.45, 2.75) is 19.4 Å². The average molecular weight is 572 g/mol. The molecule has 0 spiro atoms. The average Bonchev–Trinajstić information content (AvgIpc) is 3.01. The van der Waals surface area contributed by atoms with Crippen molar-refractivity contribution in [2.75, 3.05) is 41.6 Å². The zero-order valence-electron chi connectivity index (χ0n) is 24.3. The van der Waals surface area contributed by atoms with Crippen LogP contribution in [0.5, 0.6) is 28.7 Å². The summed E-state index contributed by atoms with van der Waals surface area (Å²) in [7, 11) is 6.33. The van der Waals surface area contributed by atoms with Crippen LogP contribution in [0.25, 0.3) is 17.0 Å². The van der Waals surface area contributed by atoms with E-state index in [-0.39, 0.29) is 12.5 Å². The summed E-state index contributed by atoms with van der Waals surface area (Å²) < 4.78 is 33.4. The molecule has 0 radical (unpaired) electrons. The van der Waals surface area contributed by atoms with Gasteiger partial charge in [0.2, 0.25) is 5.91 Å². The lowest BCUT2D eigenvalue weighted by atomic mass is 9.92. The molecule has 5 rings (SSSR count). The van der Waals surface area contributed by atoms with Crippen LogP contribution in [0.3, 0.4) is 0 Å². The van der Waals surface area contributed by atoms with Gasteiger partial charge in [-0.05, 0) is 78.1 Å². The number of rotatable bonds is 9. The highest BCUT2D eigenvalue weighted by atomic mass is 16.5. The Morgan fingerprint density at radius 2 is 1.62 bits per heavy atom. The van der Waals surface area contributed by atoms with Crippen LogP contribution in [0.1, 0.15) is 28.3 Å². The van der Waals surface area contributed by atoms with Crippen LogP contribution in [-0.2, 0) is 11.2 Å². The number of methoxy groups -OCH3 is 4. The lowest BCUT2D eigenvalue weighted by Gasteiger charge is -2.37. The Hall–Kier alpha value is -4.92. The summed E-state index contributed by atoms with van der Waals surface area (Å²) in [6.07, 6.45) is 3.94. The maximum absolute atomic E-state index is 13.6. The van der Waals surface area contributed by atoms with Gasteiger partial charge in [-0.15, -0.1) is 0 Å². The Kier molecular flexibility index (Phi) is 8.38. The predicted molar refractivity (Wildman–Crippen MR) is 159 cm³/mol. The Bertz CT molecular complexity index is 1710. The van der Waals surface area contributed by atoms with E-state index in [1.807, 2.05) is 43.3 Å². The normalized spacial score (nSPS) is 14.5. The molecule has 0 saturated heterocycles. The van der Waals surface area contributed by atoms with Crippen LogP contribution in [0.4, 0.5) is 0 Å². The van der Waals surface area contributed by atoms with Gasteiger partial charge < -0.3 is 33.0 Å². The number of benzene rings is 3. The van der Waals surface area contributed by atoms with Gasteiger partial charge in [0, 0.05) is 30.1 Å². The zero-order chi connectivity index (χ0) is 29.8. The summed E-state index contributed by atoms with van der Waals surface area (Å²) in [5.74, 6) is 2.74. The lowest BCUT2D eigenvalue weighted by Crippen LogP contribution is -2.41. The third-order valence-electron chi connectivity index (χ3n) is 7.44. The molecule has 2 heterocycles. The zero-order valence-corrected chi connectivity index (χ0v) is 24.3. The van der Waals surface area contributed by atoms with Gasteiger partial charge in [0.25, 0.3) is 0 Å². The Balaban J connectivity index is 1.46. The van der Waals surface area contributed by atoms with Crippen molar-refractivity contribution < 1.29 is 32.9 Å². The van der Waals surface area contributed by atoms with Crippen molar-refractivity contribution in [1.82, 2.24) is 4.90 Å². The van der Waals surface area contributed by atoms with E-state index in [0.29, 0.717) is 47.3 Å². The van der Waals surface area contributed by atoms with E-state index in [1.54, 1.807) is 57.6 Å². The smallest absolute Gasteiger partial charge is 0.336 e. The molecule has 218 valence electrons. The molecule has 0 aliphatic carbocycles. The van der Waals surface area contributed by atoms with Crippen LogP contribution < -0.4 is 29.3 Å². The predicted octanol–water partition coefficient (Wildman–Crippen LogP) is 5.35. The number of hydrogen-bond donors (Lipinski definition) is 0. The van der Waals surface area contributed by atoms with Crippen LogP contribution in [0, 0.1) is 6.92 Å². The van der Waals surface area contributed by atoms with Gasteiger partial charge in [0.05, 0.1) is 34.5 Å². The first-order chi connectivity index (χ1) is 20.3. The van der Waals surface area contributed by atoms with Crippen molar-refractivity contribution in [3.63, 3.8) is 0 Å². The number of aryl methyl sites for hydroxylation is 1. The maximum Gasteiger partial charge on any atom is 0.336 e. The van der Waals surface area contributed by atoms with Gasteiger partial charge in [-0.1, -0.05) is 6.07 Å². The minimum Gasteiger partial charge on any atom is -0.493 e. The molecule has 9 nitrogen and oxygen atoms in total. The molecule has 9 heteroatoms. The van der Waals surface area contributed by atoms with Gasteiger partial charge >= 0.3 is 5.63 Å². The van der Waals surface area contributed by atoms with Crippen LogP contribution in [0.15, 0.2) is 69.9 Å². The number of carbonyl (C=O) groups is 1. The van der Waals surface area contributed by atoms with Crippen molar-refractivity contribution >= 4 is 23.0 Å². The van der Waals surface area contributed by atoms with Crippen molar-refractivity contribution in [3.05, 3.63) is 93.3 Å². The monoisotopic (exact) mass is 571 g/mol. The Morgan fingerprint density at radius 1 is 0.905 bits per heavy atom. The van der Waals surface area contributed by atoms with Crippen LogP contribution >= 0.6 is 0 Å². The quantitative estimate of drug-likeness (QED) is 0.196. The molecule has 1 aliphatic heterocycles. The summed E-state index contributed by atoms with van der Waals surface area (Å²) in [6, 6.07) is 15.8. The molecule has 42 heavy (non-hydrogen) atoms. The molecule has 3 aromatic carbocycles. The first-order valence-corrected chi connectivity index (χ1v) is 13.5. The highest BCUT2D eigenvalue weighted by Crippen LogP contribution is 2.39. The highest BCUT2D eigenvalue weighted by Gasteiger charge is 2.32. The Labute approximate surface area is 243 Å². The maximum atomic E-state index is 13.6. The second kappa shape index (κ2) is 12.3. The molecule has 0 unspecified atom stereocenters. The molecular weight excluding hydrogens is 538 g/mol. The van der Waals surface area contributed by atoms with E-state index >= 15 is 0 Å². The molecule has 1 aromatic heterocycles. The first kappa shape index (κ1) is 28.6. The van der Waals surface area contributed by atoms with Gasteiger partial charge in [-0.3, -0.25) is 4.79 Å². The third kappa shape index (κ3) is 5.76. The number of carbonyl (C=O) groups excluding carboxylic acids is 1. The first-order valence-electron chi connectivity index (χ1n) is 13.5. The molecular formula is C33H33NO8. The molecule has 4 aromatic rings. The third-order valence-corrected chi connectivity index (χ3v) is 7.44. The summed E-state index contributed by atoms with van der Waals surface area (Å²) in [5, 5.41) is 0.832. The second-order valence-corrected chi connectivity index (χ2v) is 9.87. The summed E-state index contributed by atoms with van der Waals surface area (Å²) >= 11 is 0. The Morgan fingerprint density at radius 3 is 2.36 bits per heavy atom. The molecule has 1 amide bonds. The van der Waals surface area contributed by atoms with Crippen molar-refractivity contribution in [1.29, 1.82) is 0 Å². The molecule has 1 aliphatic rings. The molecule has 0 bridgehead atoms. The minimum atomic E-state index is -0.420. The highest BCUT2D eigenvalue weighted by molar-refractivity contribution is 5.92. The molecule has 1 atom stereocenters. The fraction of sp³-hybridized carbons (Fsp3) is 0.273. The van der Waals surface area contributed by atoms with Crippen molar-refractivity contribution in [2.24, 2.45) is 0 Å². The van der Waals surface area contributed by atoms with Crippen molar-refractivity contribution in [3.8, 4) is 28.7 Å². The summed E-state index contributed by atoms with van der Waals surface area (Å²) in [4.78, 5) is 27.3. The molecule has 0 saturated carbocycles. The van der Waals surface area contributed by atoms with Gasteiger partial charge in [-0.2, -0.15) is 0 Å².